The first kappa shape index (κ1) is 16.8. The van der Waals surface area contributed by atoms with E-state index >= 15 is 0 Å². The van der Waals surface area contributed by atoms with E-state index in [0.29, 0.717) is 29.5 Å². The molecule has 0 aliphatic heterocycles. The first-order chi connectivity index (χ1) is 9.43. The molecule has 0 aliphatic carbocycles. The van der Waals surface area contributed by atoms with Crippen LogP contribution in [-0.4, -0.2) is 31.8 Å². The lowest BCUT2D eigenvalue weighted by Crippen LogP contribution is -2.36. The van der Waals surface area contributed by atoms with E-state index in [2.05, 4.69) is 5.32 Å². The van der Waals surface area contributed by atoms with Crippen LogP contribution in [0.3, 0.4) is 0 Å². The Kier molecular flexibility index (Phi) is 6.78. The number of carbonyl (C=O) groups excluding carboxylic acids is 1. The zero-order valence-corrected chi connectivity index (χ0v) is 12.7. The molecule has 1 rings (SSSR count). The Labute approximate surface area is 124 Å². The fourth-order valence-corrected chi connectivity index (χ4v) is 1.76. The lowest BCUT2D eigenvalue weighted by atomic mass is 10.2. The highest BCUT2D eigenvalue weighted by atomic mass is 35.5. The van der Waals surface area contributed by atoms with E-state index in [0.717, 1.165) is 0 Å². The van der Waals surface area contributed by atoms with Gasteiger partial charge >= 0.3 is 0 Å². The van der Waals surface area contributed by atoms with Gasteiger partial charge in [0.2, 0.25) is 5.91 Å². The van der Waals surface area contributed by atoms with Crippen molar-refractivity contribution in [3.8, 4) is 5.75 Å². The second kappa shape index (κ2) is 8.09. The number of benzene rings is 1. The minimum atomic E-state index is -0.611. The molecule has 0 aliphatic rings. The highest BCUT2D eigenvalue weighted by Gasteiger charge is 2.14. The predicted octanol–water partition coefficient (Wildman–Crippen LogP) is 2.43. The van der Waals surface area contributed by atoms with Gasteiger partial charge in [0.15, 0.2) is 0 Å². The predicted molar refractivity (Wildman–Crippen MR) is 80.3 cm³/mol. The van der Waals surface area contributed by atoms with Crippen molar-refractivity contribution >= 4 is 23.2 Å². The van der Waals surface area contributed by atoms with Crippen molar-refractivity contribution in [2.24, 2.45) is 5.73 Å². The molecule has 112 valence electrons. The summed E-state index contributed by atoms with van der Waals surface area (Å²) in [5, 5.41) is 3.16. The Bertz CT molecular complexity index is 452. The maximum Gasteiger partial charge on any atom is 0.241 e. The van der Waals surface area contributed by atoms with Gasteiger partial charge in [-0.2, -0.15) is 0 Å². The molecule has 1 aromatic carbocycles. The van der Waals surface area contributed by atoms with Gasteiger partial charge in [-0.15, -0.1) is 0 Å². The molecule has 0 saturated carbocycles. The van der Waals surface area contributed by atoms with Gasteiger partial charge in [0.25, 0.3) is 0 Å². The van der Waals surface area contributed by atoms with Gasteiger partial charge < -0.3 is 20.5 Å². The number of rotatable bonds is 7. The molecule has 0 spiro atoms. The summed E-state index contributed by atoms with van der Waals surface area (Å²) in [7, 11) is 1.57. The van der Waals surface area contributed by atoms with Gasteiger partial charge in [-0.25, -0.2) is 0 Å². The van der Waals surface area contributed by atoms with Gasteiger partial charge in [0.1, 0.15) is 5.75 Å². The zero-order chi connectivity index (χ0) is 15.1. The normalized spacial score (nSPS) is 12.3. The summed E-state index contributed by atoms with van der Waals surface area (Å²) in [6, 6.07) is 4.48. The van der Waals surface area contributed by atoms with Crippen LogP contribution in [0.25, 0.3) is 0 Å². The first-order valence-electron chi connectivity index (χ1n) is 6.45. The molecule has 0 heterocycles. The van der Waals surface area contributed by atoms with Gasteiger partial charge in [-0.05, 0) is 38.5 Å². The lowest BCUT2D eigenvalue weighted by molar-refractivity contribution is -0.117. The summed E-state index contributed by atoms with van der Waals surface area (Å²) >= 11 is 6.09. The average molecular weight is 301 g/mol. The molecule has 0 saturated heterocycles. The van der Waals surface area contributed by atoms with Crippen LogP contribution in [0, 0.1) is 0 Å². The summed E-state index contributed by atoms with van der Waals surface area (Å²) in [4.78, 5) is 11.8. The maximum absolute atomic E-state index is 11.8. The third kappa shape index (κ3) is 5.36. The van der Waals surface area contributed by atoms with E-state index in [1.54, 1.807) is 25.3 Å². The third-order valence-electron chi connectivity index (χ3n) is 2.53. The summed E-state index contributed by atoms with van der Waals surface area (Å²) in [5.41, 5.74) is 6.32. The number of anilines is 1. The van der Waals surface area contributed by atoms with Crippen LogP contribution in [0.1, 0.15) is 20.3 Å². The Morgan fingerprint density at radius 2 is 2.15 bits per heavy atom. The summed E-state index contributed by atoms with van der Waals surface area (Å²) < 4.78 is 10.4. The van der Waals surface area contributed by atoms with Crippen LogP contribution in [0.2, 0.25) is 5.02 Å². The van der Waals surface area contributed by atoms with E-state index in [1.165, 1.54) is 0 Å². The molecule has 1 atom stereocenters. The van der Waals surface area contributed by atoms with Crippen molar-refractivity contribution in [3.05, 3.63) is 23.2 Å². The number of nitrogens with one attached hydrogen (secondary N) is 1. The monoisotopic (exact) mass is 300 g/mol. The largest absolute Gasteiger partial charge is 0.489 e. The molecule has 0 radical (unpaired) electrons. The van der Waals surface area contributed by atoms with Gasteiger partial charge in [0, 0.05) is 19.4 Å². The Balaban J connectivity index is 2.64. The van der Waals surface area contributed by atoms with Gasteiger partial charge in [0.05, 0.1) is 17.2 Å². The summed E-state index contributed by atoms with van der Waals surface area (Å²) in [6.07, 6.45) is 0.500. The Morgan fingerprint density at radius 1 is 1.45 bits per heavy atom. The number of carbonyl (C=O) groups is 1. The molecule has 5 nitrogen and oxygen atoms in total. The number of methoxy groups -OCH3 is 1. The second-order valence-electron chi connectivity index (χ2n) is 4.69. The lowest BCUT2D eigenvalue weighted by Gasteiger charge is -2.14. The first-order valence-corrected chi connectivity index (χ1v) is 6.83. The molecule has 6 heteroatoms. The van der Waals surface area contributed by atoms with Crippen molar-refractivity contribution < 1.29 is 14.3 Å². The number of amides is 1. The third-order valence-corrected chi connectivity index (χ3v) is 2.83. The molecule has 1 amide bonds. The smallest absolute Gasteiger partial charge is 0.241 e. The second-order valence-corrected chi connectivity index (χ2v) is 5.10. The highest BCUT2D eigenvalue weighted by molar-refractivity contribution is 6.32. The topological polar surface area (TPSA) is 73.6 Å². The van der Waals surface area contributed by atoms with Crippen molar-refractivity contribution in [2.75, 3.05) is 19.0 Å². The quantitative estimate of drug-likeness (QED) is 0.811. The summed E-state index contributed by atoms with van der Waals surface area (Å²) in [6.45, 7) is 4.28. The standard InChI is InChI=1S/C14H21ClN2O3/c1-9(2)20-13-5-4-10(8-11(13)15)17-14(18)12(16)6-7-19-3/h4-5,8-9,12H,6-7,16H2,1-3H3,(H,17,18). The maximum atomic E-state index is 11.8. The van der Waals surface area contributed by atoms with Gasteiger partial charge in [-0.1, -0.05) is 11.6 Å². The van der Waals surface area contributed by atoms with Crippen LogP contribution >= 0.6 is 11.6 Å². The van der Waals surface area contributed by atoms with Crippen molar-refractivity contribution in [1.29, 1.82) is 0 Å². The van der Waals surface area contributed by atoms with Crippen molar-refractivity contribution in [2.45, 2.75) is 32.4 Å². The Hall–Kier alpha value is -1.30. The highest BCUT2D eigenvalue weighted by Crippen LogP contribution is 2.28. The fourth-order valence-electron chi connectivity index (χ4n) is 1.54. The van der Waals surface area contributed by atoms with Crippen molar-refractivity contribution in [3.63, 3.8) is 0 Å². The number of ether oxygens (including phenoxy) is 2. The van der Waals surface area contributed by atoms with Crippen LogP contribution in [0.5, 0.6) is 5.75 Å². The Morgan fingerprint density at radius 3 is 2.70 bits per heavy atom. The van der Waals surface area contributed by atoms with E-state index in [1.807, 2.05) is 13.8 Å². The minimum Gasteiger partial charge on any atom is -0.489 e. The SMILES string of the molecule is COCCC(N)C(=O)Nc1ccc(OC(C)C)c(Cl)c1. The van der Waals surface area contributed by atoms with Crippen LogP contribution in [0.4, 0.5) is 5.69 Å². The minimum absolute atomic E-state index is 0.0374. The molecule has 20 heavy (non-hydrogen) atoms. The molecule has 3 N–H and O–H groups in total. The van der Waals surface area contributed by atoms with E-state index < -0.39 is 6.04 Å². The zero-order valence-electron chi connectivity index (χ0n) is 12.0. The summed E-state index contributed by atoms with van der Waals surface area (Å²) in [5.74, 6) is 0.319. The number of nitrogens with two attached hydrogens (primary N) is 1. The van der Waals surface area contributed by atoms with E-state index in [4.69, 9.17) is 26.8 Å². The molecular weight excluding hydrogens is 280 g/mol. The molecule has 0 bridgehead atoms. The van der Waals surface area contributed by atoms with Gasteiger partial charge in [-0.3, -0.25) is 4.79 Å². The van der Waals surface area contributed by atoms with Crippen LogP contribution < -0.4 is 15.8 Å². The molecule has 1 aromatic rings. The average Bonchev–Trinajstić information content (AvgIpc) is 2.38. The molecule has 0 aromatic heterocycles. The van der Waals surface area contributed by atoms with Crippen LogP contribution in [-0.2, 0) is 9.53 Å². The van der Waals surface area contributed by atoms with E-state index in [-0.39, 0.29) is 12.0 Å². The molecule has 1 unspecified atom stereocenters. The number of hydrogen-bond donors (Lipinski definition) is 2. The number of hydrogen-bond acceptors (Lipinski definition) is 4. The van der Waals surface area contributed by atoms with E-state index in [9.17, 15) is 4.79 Å². The molecular formula is C14H21ClN2O3. The van der Waals surface area contributed by atoms with Crippen molar-refractivity contribution in [1.82, 2.24) is 0 Å². The molecule has 0 fully saturated rings. The number of halogens is 1. The van der Waals surface area contributed by atoms with Crippen LogP contribution in [0.15, 0.2) is 18.2 Å². The fraction of sp³-hybridized carbons (Fsp3) is 0.500.